The zero-order valence-electron chi connectivity index (χ0n) is 41.9. The van der Waals surface area contributed by atoms with E-state index >= 15 is 0 Å². The number of imide groups is 1. The van der Waals surface area contributed by atoms with Crippen LogP contribution in [-0.4, -0.2) is 92.5 Å². The number of ether oxygens (including phenoxy) is 1. The second-order valence-corrected chi connectivity index (χ2v) is 25.4. The molecule has 2 aliphatic carbocycles. The van der Waals surface area contributed by atoms with Gasteiger partial charge in [0.2, 0.25) is 21.7 Å². The maximum absolute atomic E-state index is 12.9. The number of hydrogen-bond donors (Lipinski definition) is 3. The van der Waals surface area contributed by atoms with Crippen LogP contribution >= 0.6 is 23.2 Å². The maximum atomic E-state index is 12.9. The minimum absolute atomic E-state index is 0.0823. The summed E-state index contributed by atoms with van der Waals surface area (Å²) < 4.78 is 28.9. The molecule has 4 N–H and O–H groups in total. The molecule has 5 fully saturated rings. The number of nitrogens with two attached hydrogens (primary N) is 1. The summed E-state index contributed by atoms with van der Waals surface area (Å²) in [6.07, 6.45) is -0.215. The monoisotopic (exact) mass is 1020 g/mol. The number of esters is 1. The normalized spacial score (nSPS) is 27.5. The molecule has 2 amide bonds. The number of rotatable bonds is 10. The number of nitrogens with zero attached hydrogens (tertiary/aromatic N) is 2. The topological polar surface area (TPSA) is 180 Å². The Morgan fingerprint density at radius 3 is 1.77 bits per heavy atom. The number of halogens is 2. The van der Waals surface area contributed by atoms with Gasteiger partial charge >= 0.3 is 5.97 Å². The molecule has 70 heavy (non-hydrogen) atoms. The van der Waals surface area contributed by atoms with Crippen LogP contribution in [0.3, 0.4) is 0 Å². The molecule has 2 spiro atoms. The first-order valence-corrected chi connectivity index (χ1v) is 26.5. The summed E-state index contributed by atoms with van der Waals surface area (Å²) in [7, 11) is -3.36. The molecule has 15 heteroatoms. The van der Waals surface area contributed by atoms with E-state index in [1.165, 1.54) is 4.90 Å². The fourth-order valence-corrected chi connectivity index (χ4v) is 15.2. The number of aliphatic hydroxyl groups is 2. The van der Waals surface area contributed by atoms with Gasteiger partial charge < -0.3 is 20.7 Å². The van der Waals surface area contributed by atoms with Crippen molar-refractivity contribution >= 4 is 51.0 Å². The van der Waals surface area contributed by atoms with E-state index in [1.807, 2.05) is 64.1 Å². The van der Waals surface area contributed by atoms with E-state index in [4.69, 9.17) is 38.5 Å². The number of aliphatic hydroxyl groups excluding tert-OH is 2. The van der Waals surface area contributed by atoms with Gasteiger partial charge in [0.05, 0.1) is 18.4 Å². The van der Waals surface area contributed by atoms with Crippen LogP contribution in [0.5, 0.6) is 0 Å². The molecule has 5 aliphatic rings. The lowest BCUT2D eigenvalue weighted by Crippen LogP contribution is -2.52. The van der Waals surface area contributed by atoms with Crippen molar-refractivity contribution in [1.82, 2.24) is 9.37 Å². The third kappa shape index (κ3) is 9.05. The maximum Gasteiger partial charge on any atom is 0.335 e. The lowest BCUT2D eigenvalue weighted by molar-refractivity contribution is -0.154. The minimum Gasteiger partial charge on any atom is -0.464 e. The SMILES string of the molecule is CC(C)(C)C(=O)N1C(=O)[C@H](O)C[C@H]1C(C)(C)c1ccc(-c2ccccc2)cc1.CC1(C)[C@@H]2CC[C@@]13CS(=O)(=O)N1O[C@]13C2(Cl)Cl.CCOC(=O)[C@H](O)C[C@H](N)C(C)(C)c1ccc(-c2ccccc2)cc1. The van der Waals surface area contributed by atoms with Crippen LogP contribution in [0.15, 0.2) is 109 Å². The highest BCUT2D eigenvalue weighted by Crippen LogP contribution is 2.85. The Hall–Kier alpha value is -4.18. The van der Waals surface area contributed by atoms with E-state index in [2.05, 4.69) is 86.6 Å². The van der Waals surface area contributed by atoms with Gasteiger partial charge in [-0.25, -0.2) is 13.2 Å². The highest BCUT2D eigenvalue weighted by molar-refractivity contribution is 7.89. The standard InChI is InChI=1S/C24H29NO3.C21H27NO3.C10H13Cl2NO3S/c1-23(2,3)22(28)25-20(15-19(26)21(25)27)24(4,5)18-13-11-17(12-14-18)16-9-7-6-8-10-16;1-4-25-20(24)18(23)14-19(22)21(2,3)17-12-10-16(11-13-17)15-8-6-5-7-9-15;1-7(2)6-3-4-8(7)5-17(14,15)13-10(8,16-13)9(6,11)12/h6-14,19-20,26H,15H2,1-5H3;5-13,18-19,23H,4,14,22H2,1-3H3;6H,3-5H2,1-2H3/t19-,20+;18-,19+;6-,8+,10+,13?/m110/s1. The number of hydrogen-bond acceptors (Lipinski definition) is 10. The van der Waals surface area contributed by atoms with Gasteiger partial charge in [0.25, 0.3) is 5.91 Å². The second-order valence-electron chi connectivity index (χ2n) is 22.2. The Morgan fingerprint density at radius 2 is 1.31 bits per heavy atom. The number of fused-ring (bicyclic) bond motifs is 1. The summed E-state index contributed by atoms with van der Waals surface area (Å²) in [4.78, 5) is 43.9. The van der Waals surface area contributed by atoms with E-state index in [0.29, 0.717) is 0 Å². The number of hydroxylamine groups is 1. The Bertz CT molecular complexity index is 2670. The van der Waals surface area contributed by atoms with Gasteiger partial charge in [-0.3, -0.25) is 19.3 Å². The summed E-state index contributed by atoms with van der Waals surface area (Å²) in [5, 5.41) is 20.2. The first-order chi connectivity index (χ1) is 32.5. The molecule has 1 unspecified atom stereocenters. The number of carbonyl (C=O) groups is 3. The van der Waals surface area contributed by atoms with Crippen LogP contribution in [0.1, 0.15) is 106 Å². The highest BCUT2D eigenvalue weighted by Gasteiger charge is 2.97. The molecule has 2 saturated carbocycles. The number of benzene rings is 4. The van der Waals surface area contributed by atoms with Crippen molar-refractivity contribution in [2.24, 2.45) is 27.9 Å². The lowest BCUT2D eigenvalue weighted by Gasteiger charge is -2.39. The number of amides is 2. The zero-order valence-corrected chi connectivity index (χ0v) is 44.2. The lowest BCUT2D eigenvalue weighted by atomic mass is 9.68. The zero-order chi connectivity index (χ0) is 51.6. The van der Waals surface area contributed by atoms with Crippen LogP contribution < -0.4 is 5.73 Å². The molecule has 4 aromatic rings. The molecule has 2 bridgehead atoms. The number of alkyl halides is 2. The van der Waals surface area contributed by atoms with Crippen molar-refractivity contribution in [3.05, 3.63) is 120 Å². The van der Waals surface area contributed by atoms with E-state index < -0.39 is 60.4 Å². The van der Waals surface area contributed by atoms with Crippen molar-refractivity contribution in [2.45, 2.75) is 140 Å². The first kappa shape index (κ1) is 53.6. The second kappa shape index (κ2) is 19.0. The molecule has 3 heterocycles. The van der Waals surface area contributed by atoms with Crippen LogP contribution in [0.2, 0.25) is 0 Å². The van der Waals surface area contributed by atoms with Crippen molar-refractivity contribution in [1.29, 1.82) is 0 Å². The van der Waals surface area contributed by atoms with Crippen LogP contribution in [0.4, 0.5) is 0 Å². The summed E-state index contributed by atoms with van der Waals surface area (Å²) in [5.74, 6) is -1.15. The van der Waals surface area contributed by atoms with Crippen molar-refractivity contribution in [3.8, 4) is 22.3 Å². The summed E-state index contributed by atoms with van der Waals surface area (Å²) in [6, 6.07) is 36.0. The van der Waals surface area contributed by atoms with Gasteiger partial charge in [-0.1, -0.05) is 195 Å². The molecule has 8 atom stereocenters. The van der Waals surface area contributed by atoms with E-state index in [0.717, 1.165) is 50.7 Å². The largest absolute Gasteiger partial charge is 0.464 e. The van der Waals surface area contributed by atoms with E-state index in [1.54, 1.807) is 27.7 Å². The van der Waals surface area contributed by atoms with Crippen molar-refractivity contribution in [3.63, 3.8) is 0 Å². The number of sulfonamides is 1. The molecule has 12 nitrogen and oxygen atoms in total. The Kier molecular flexibility index (Phi) is 14.6. The molecule has 3 aliphatic heterocycles. The minimum atomic E-state index is -3.36. The van der Waals surface area contributed by atoms with Gasteiger partial charge in [0.1, 0.15) is 6.10 Å². The Balaban J connectivity index is 0.000000159. The predicted molar refractivity (Wildman–Crippen MR) is 274 cm³/mol. The molecule has 378 valence electrons. The molecule has 0 radical (unpaired) electrons. The van der Waals surface area contributed by atoms with Crippen LogP contribution in [0, 0.1) is 22.2 Å². The average Bonchev–Trinajstić information content (AvgIpc) is 3.87. The third-order valence-electron chi connectivity index (χ3n) is 16.0. The predicted octanol–water partition coefficient (Wildman–Crippen LogP) is 9.32. The van der Waals surface area contributed by atoms with Gasteiger partial charge in [-0.2, -0.15) is 0 Å². The molecule has 0 aromatic heterocycles. The van der Waals surface area contributed by atoms with E-state index in [-0.39, 0.29) is 59.9 Å². The molecule has 4 aromatic carbocycles. The molecule has 3 saturated heterocycles. The van der Waals surface area contributed by atoms with Crippen molar-refractivity contribution in [2.75, 3.05) is 12.4 Å². The summed E-state index contributed by atoms with van der Waals surface area (Å²) in [6.45, 7) is 19.6. The molecular formula is C55H69Cl2N3O9S. The first-order valence-electron chi connectivity index (χ1n) is 24.1. The number of likely N-dealkylation sites (tertiary alicyclic amines) is 1. The van der Waals surface area contributed by atoms with Crippen LogP contribution in [-0.2, 0) is 44.8 Å². The fraction of sp³-hybridized carbons (Fsp3) is 0.509. The van der Waals surface area contributed by atoms with Gasteiger partial charge in [-0.15, -0.1) is 0 Å². The van der Waals surface area contributed by atoms with Crippen molar-refractivity contribution < 1.29 is 42.6 Å². The smallest absolute Gasteiger partial charge is 0.335 e. The summed E-state index contributed by atoms with van der Waals surface area (Å²) >= 11 is 13.0. The molecule has 9 rings (SSSR count). The molecular weight excluding hydrogens is 950 g/mol. The summed E-state index contributed by atoms with van der Waals surface area (Å²) in [5.41, 5.74) is 9.74. The van der Waals surface area contributed by atoms with Crippen LogP contribution in [0.25, 0.3) is 22.3 Å². The van der Waals surface area contributed by atoms with Gasteiger partial charge in [0, 0.05) is 46.5 Å². The quantitative estimate of drug-likeness (QED) is 0.0788. The van der Waals surface area contributed by atoms with E-state index in [9.17, 15) is 33.0 Å². The van der Waals surface area contributed by atoms with Gasteiger partial charge in [-0.05, 0) is 63.0 Å². The van der Waals surface area contributed by atoms with Gasteiger partial charge in [0.15, 0.2) is 10.4 Å². The average molecular weight is 1020 g/mol. The fourth-order valence-electron chi connectivity index (χ4n) is 11.4. The number of carbonyl (C=O) groups excluding carboxylic acids is 3. The Labute approximate surface area is 423 Å². The Morgan fingerprint density at radius 1 is 0.829 bits per heavy atom. The third-order valence-corrected chi connectivity index (χ3v) is 18.8. The highest BCUT2D eigenvalue weighted by atomic mass is 35.5.